The van der Waals surface area contributed by atoms with E-state index in [-0.39, 0.29) is 5.78 Å². The Morgan fingerprint density at radius 2 is 2.00 bits per heavy atom. The summed E-state index contributed by atoms with van der Waals surface area (Å²) in [5, 5.41) is 0. The SMILES string of the molecule is CCC(CC)N(CCOC)CC(=O)c1cc(C)sc1C. The molecule has 0 aliphatic rings. The molecular formula is C16H27NO2S. The van der Waals surface area contributed by atoms with Crippen LogP contribution in [0, 0.1) is 13.8 Å². The van der Waals surface area contributed by atoms with Crippen molar-refractivity contribution >= 4 is 17.1 Å². The maximum absolute atomic E-state index is 12.5. The molecule has 0 fully saturated rings. The molecule has 1 heterocycles. The van der Waals surface area contributed by atoms with Gasteiger partial charge in [-0.05, 0) is 32.8 Å². The number of methoxy groups -OCH3 is 1. The summed E-state index contributed by atoms with van der Waals surface area (Å²) in [6.45, 7) is 10.4. The van der Waals surface area contributed by atoms with E-state index in [2.05, 4.69) is 25.7 Å². The molecule has 0 radical (unpaired) electrons. The molecule has 0 N–H and O–H groups in total. The minimum atomic E-state index is 0.231. The fraction of sp³-hybridized carbons (Fsp3) is 0.688. The van der Waals surface area contributed by atoms with E-state index in [9.17, 15) is 4.79 Å². The first kappa shape index (κ1) is 17.3. The number of ether oxygens (including phenoxy) is 1. The second kappa shape index (κ2) is 8.55. The van der Waals surface area contributed by atoms with E-state index in [1.54, 1.807) is 18.4 Å². The summed E-state index contributed by atoms with van der Waals surface area (Å²) >= 11 is 1.70. The molecule has 0 atom stereocenters. The molecule has 0 spiro atoms. The molecule has 0 aromatic carbocycles. The van der Waals surface area contributed by atoms with Gasteiger partial charge in [-0.2, -0.15) is 0 Å². The van der Waals surface area contributed by atoms with Crippen LogP contribution >= 0.6 is 11.3 Å². The van der Waals surface area contributed by atoms with Crippen molar-refractivity contribution in [2.45, 2.75) is 46.6 Å². The lowest BCUT2D eigenvalue weighted by atomic mass is 10.1. The zero-order valence-corrected chi connectivity index (χ0v) is 14.2. The van der Waals surface area contributed by atoms with Crippen molar-refractivity contribution in [3.8, 4) is 0 Å². The van der Waals surface area contributed by atoms with Crippen molar-refractivity contribution in [1.29, 1.82) is 0 Å². The van der Waals surface area contributed by atoms with Crippen molar-refractivity contribution in [3.63, 3.8) is 0 Å². The molecule has 1 aromatic rings. The first-order valence-corrected chi connectivity index (χ1v) is 8.18. The van der Waals surface area contributed by atoms with Crippen molar-refractivity contribution in [3.05, 3.63) is 21.4 Å². The highest BCUT2D eigenvalue weighted by atomic mass is 32.1. The van der Waals surface area contributed by atoms with Crippen LogP contribution in [0.4, 0.5) is 0 Å². The number of ketones is 1. The van der Waals surface area contributed by atoms with E-state index in [0.29, 0.717) is 19.2 Å². The zero-order valence-electron chi connectivity index (χ0n) is 13.4. The standard InChI is InChI=1S/C16H27NO2S/c1-6-14(7-2)17(8-9-19-5)11-16(18)15-10-12(3)20-13(15)4/h10,14H,6-9,11H2,1-5H3. The lowest BCUT2D eigenvalue weighted by molar-refractivity contribution is 0.0811. The first-order valence-electron chi connectivity index (χ1n) is 7.36. The summed E-state index contributed by atoms with van der Waals surface area (Å²) in [6.07, 6.45) is 2.13. The number of rotatable bonds is 9. The van der Waals surface area contributed by atoms with E-state index in [4.69, 9.17) is 4.74 Å². The molecule has 114 valence electrons. The average Bonchev–Trinajstić information content (AvgIpc) is 2.76. The Hall–Kier alpha value is -0.710. The predicted octanol–water partition coefficient (Wildman–Crippen LogP) is 3.68. The molecule has 0 saturated heterocycles. The summed E-state index contributed by atoms with van der Waals surface area (Å²) in [7, 11) is 1.71. The summed E-state index contributed by atoms with van der Waals surface area (Å²) in [4.78, 5) is 17.1. The van der Waals surface area contributed by atoms with E-state index in [0.717, 1.165) is 29.8 Å². The fourth-order valence-corrected chi connectivity index (χ4v) is 3.52. The van der Waals surface area contributed by atoms with Crippen molar-refractivity contribution < 1.29 is 9.53 Å². The van der Waals surface area contributed by atoms with Gasteiger partial charge < -0.3 is 4.74 Å². The average molecular weight is 297 g/mol. The van der Waals surface area contributed by atoms with Crippen molar-refractivity contribution in [2.24, 2.45) is 0 Å². The quantitative estimate of drug-likeness (QED) is 0.651. The highest BCUT2D eigenvalue weighted by molar-refractivity contribution is 7.12. The number of carbonyl (C=O) groups excluding carboxylic acids is 1. The van der Waals surface area contributed by atoms with Crippen molar-refractivity contribution in [1.82, 2.24) is 4.90 Å². The van der Waals surface area contributed by atoms with Crippen LogP contribution < -0.4 is 0 Å². The Balaban J connectivity index is 2.77. The second-order valence-corrected chi connectivity index (χ2v) is 6.64. The largest absolute Gasteiger partial charge is 0.383 e. The van der Waals surface area contributed by atoms with Gasteiger partial charge in [0.1, 0.15) is 0 Å². The number of aryl methyl sites for hydroxylation is 2. The normalized spacial score (nSPS) is 11.6. The highest BCUT2D eigenvalue weighted by Gasteiger charge is 2.20. The number of hydrogen-bond donors (Lipinski definition) is 0. The van der Waals surface area contributed by atoms with Crippen LogP contribution in [0.2, 0.25) is 0 Å². The summed E-state index contributed by atoms with van der Waals surface area (Å²) < 4.78 is 5.18. The molecule has 4 heteroatoms. The maximum Gasteiger partial charge on any atom is 0.177 e. The first-order chi connectivity index (χ1) is 9.53. The number of nitrogens with zero attached hydrogens (tertiary/aromatic N) is 1. The number of thiophene rings is 1. The molecule has 0 saturated carbocycles. The molecular weight excluding hydrogens is 270 g/mol. The van der Waals surface area contributed by atoms with Gasteiger partial charge in [0.05, 0.1) is 13.2 Å². The van der Waals surface area contributed by atoms with Gasteiger partial charge in [-0.3, -0.25) is 9.69 Å². The van der Waals surface area contributed by atoms with E-state index < -0.39 is 0 Å². The van der Waals surface area contributed by atoms with Crippen LogP contribution in [-0.4, -0.2) is 43.5 Å². The molecule has 0 amide bonds. The lowest BCUT2D eigenvalue weighted by Gasteiger charge is -2.29. The molecule has 1 rings (SSSR count). The number of Topliss-reactive ketones (excluding diaryl/α,β-unsaturated/α-hetero) is 1. The van der Waals surface area contributed by atoms with E-state index >= 15 is 0 Å². The molecule has 0 bridgehead atoms. The van der Waals surface area contributed by atoms with Gasteiger partial charge in [-0.25, -0.2) is 0 Å². The van der Waals surface area contributed by atoms with Crippen molar-refractivity contribution in [2.75, 3.05) is 26.8 Å². The zero-order chi connectivity index (χ0) is 15.1. The minimum absolute atomic E-state index is 0.231. The topological polar surface area (TPSA) is 29.5 Å². The third kappa shape index (κ3) is 4.69. The van der Waals surface area contributed by atoms with Gasteiger partial charge >= 0.3 is 0 Å². The van der Waals surface area contributed by atoms with Crippen LogP contribution in [0.25, 0.3) is 0 Å². The Bertz CT molecular complexity index is 424. The van der Waals surface area contributed by atoms with E-state index in [1.165, 1.54) is 4.88 Å². The van der Waals surface area contributed by atoms with Crippen LogP contribution in [-0.2, 0) is 4.74 Å². The Morgan fingerprint density at radius 3 is 2.45 bits per heavy atom. The van der Waals surface area contributed by atoms with Gasteiger partial charge in [0, 0.05) is 35.0 Å². The lowest BCUT2D eigenvalue weighted by Crippen LogP contribution is -2.40. The number of carbonyl (C=O) groups is 1. The van der Waals surface area contributed by atoms with E-state index in [1.807, 2.05) is 13.0 Å². The smallest absolute Gasteiger partial charge is 0.177 e. The minimum Gasteiger partial charge on any atom is -0.383 e. The molecule has 1 aromatic heterocycles. The summed E-state index contributed by atoms with van der Waals surface area (Å²) in [6, 6.07) is 2.47. The third-order valence-corrected chi connectivity index (χ3v) is 4.70. The Labute approximate surface area is 126 Å². The van der Waals surface area contributed by atoms with Crippen LogP contribution in [0.5, 0.6) is 0 Å². The van der Waals surface area contributed by atoms with Crippen LogP contribution in [0.3, 0.4) is 0 Å². The Morgan fingerprint density at radius 1 is 1.35 bits per heavy atom. The third-order valence-electron chi connectivity index (χ3n) is 3.73. The second-order valence-electron chi connectivity index (χ2n) is 5.18. The predicted molar refractivity (Wildman–Crippen MR) is 85.9 cm³/mol. The van der Waals surface area contributed by atoms with Crippen LogP contribution in [0.15, 0.2) is 6.07 Å². The molecule has 0 aliphatic carbocycles. The monoisotopic (exact) mass is 297 g/mol. The summed E-state index contributed by atoms with van der Waals surface area (Å²) in [5.74, 6) is 0.231. The van der Waals surface area contributed by atoms with Crippen LogP contribution in [0.1, 0.15) is 46.8 Å². The van der Waals surface area contributed by atoms with Gasteiger partial charge in [-0.15, -0.1) is 11.3 Å². The van der Waals surface area contributed by atoms with Gasteiger partial charge in [0.2, 0.25) is 0 Å². The fourth-order valence-electron chi connectivity index (χ4n) is 2.58. The maximum atomic E-state index is 12.5. The molecule has 3 nitrogen and oxygen atoms in total. The van der Waals surface area contributed by atoms with Gasteiger partial charge in [-0.1, -0.05) is 13.8 Å². The number of hydrogen-bond acceptors (Lipinski definition) is 4. The highest BCUT2D eigenvalue weighted by Crippen LogP contribution is 2.22. The summed E-state index contributed by atoms with van der Waals surface area (Å²) in [5.41, 5.74) is 0.890. The molecule has 20 heavy (non-hydrogen) atoms. The van der Waals surface area contributed by atoms with Gasteiger partial charge in [0.25, 0.3) is 0 Å². The molecule has 0 unspecified atom stereocenters. The molecule has 0 aliphatic heterocycles. The van der Waals surface area contributed by atoms with Gasteiger partial charge in [0.15, 0.2) is 5.78 Å². The Kier molecular flexibility index (Phi) is 7.41.